The molecule has 1 aromatic rings. The first-order valence-corrected chi connectivity index (χ1v) is 7.28. The summed E-state index contributed by atoms with van der Waals surface area (Å²) in [5.74, 6) is 0. The molecule has 100 valence electrons. The first-order valence-electron chi connectivity index (χ1n) is 7.28. The fraction of sp³-hybridized carbons (Fsp3) is 0.625. The fourth-order valence-corrected chi connectivity index (χ4v) is 2.60. The Labute approximate surface area is 111 Å². The summed E-state index contributed by atoms with van der Waals surface area (Å²) in [4.78, 5) is 2.58. The monoisotopic (exact) mass is 246 g/mol. The third-order valence-corrected chi connectivity index (χ3v) is 3.90. The molecule has 1 unspecified atom stereocenters. The molecule has 1 fully saturated rings. The minimum Gasteiger partial charge on any atom is -0.309 e. The summed E-state index contributed by atoms with van der Waals surface area (Å²) in [7, 11) is 0. The Morgan fingerprint density at radius 3 is 2.44 bits per heavy atom. The van der Waals surface area contributed by atoms with Crippen LogP contribution in [-0.4, -0.2) is 31.1 Å². The number of nitrogens with zero attached hydrogens (tertiary/aromatic N) is 1. The van der Waals surface area contributed by atoms with Crippen molar-refractivity contribution in [2.24, 2.45) is 0 Å². The Hall–Kier alpha value is -0.860. The van der Waals surface area contributed by atoms with Crippen LogP contribution in [0.3, 0.4) is 0 Å². The third-order valence-electron chi connectivity index (χ3n) is 3.90. The summed E-state index contributed by atoms with van der Waals surface area (Å²) >= 11 is 0. The third kappa shape index (κ3) is 4.11. The van der Waals surface area contributed by atoms with Crippen LogP contribution in [0.5, 0.6) is 0 Å². The Bertz CT molecular complexity index is 339. The first kappa shape index (κ1) is 13.6. The van der Waals surface area contributed by atoms with E-state index in [4.69, 9.17) is 0 Å². The molecule has 0 aliphatic carbocycles. The lowest BCUT2D eigenvalue weighted by atomic mass is 10.1. The van der Waals surface area contributed by atoms with E-state index in [0.29, 0.717) is 6.04 Å². The average molecular weight is 246 g/mol. The van der Waals surface area contributed by atoms with Crippen LogP contribution in [0.15, 0.2) is 24.3 Å². The van der Waals surface area contributed by atoms with Crippen molar-refractivity contribution < 1.29 is 0 Å². The van der Waals surface area contributed by atoms with Crippen molar-refractivity contribution in [3.63, 3.8) is 0 Å². The van der Waals surface area contributed by atoms with Crippen LogP contribution in [0.25, 0.3) is 0 Å². The minimum absolute atomic E-state index is 0.454. The average Bonchev–Trinajstić information content (AvgIpc) is 2.40. The maximum absolute atomic E-state index is 3.62. The van der Waals surface area contributed by atoms with Gasteiger partial charge in [0.2, 0.25) is 0 Å². The van der Waals surface area contributed by atoms with Crippen molar-refractivity contribution in [1.82, 2.24) is 10.2 Å². The summed E-state index contributed by atoms with van der Waals surface area (Å²) in [6.45, 7) is 9.26. The van der Waals surface area contributed by atoms with Gasteiger partial charge in [-0.3, -0.25) is 0 Å². The Balaban J connectivity index is 1.70. The normalized spacial score (nSPS) is 18.8. The van der Waals surface area contributed by atoms with Gasteiger partial charge in [-0.25, -0.2) is 0 Å². The summed E-state index contributed by atoms with van der Waals surface area (Å²) in [5.41, 5.74) is 2.72. The van der Waals surface area contributed by atoms with Gasteiger partial charge in [0.15, 0.2) is 0 Å². The fourth-order valence-electron chi connectivity index (χ4n) is 2.60. The van der Waals surface area contributed by atoms with E-state index in [2.05, 4.69) is 48.3 Å². The summed E-state index contributed by atoms with van der Waals surface area (Å²) in [6, 6.07) is 9.30. The van der Waals surface area contributed by atoms with Gasteiger partial charge < -0.3 is 10.2 Å². The molecular formula is C16H26N2. The number of rotatable bonds is 5. The Kier molecular flexibility index (Phi) is 5.21. The highest BCUT2D eigenvalue weighted by molar-refractivity contribution is 5.23. The second-order valence-corrected chi connectivity index (χ2v) is 5.49. The number of benzene rings is 1. The van der Waals surface area contributed by atoms with Gasteiger partial charge in [0.05, 0.1) is 0 Å². The smallest absolute Gasteiger partial charge is 0.0292 e. The maximum atomic E-state index is 3.62. The van der Waals surface area contributed by atoms with E-state index in [-0.39, 0.29) is 0 Å². The lowest BCUT2D eigenvalue weighted by Crippen LogP contribution is -2.36. The van der Waals surface area contributed by atoms with Crippen molar-refractivity contribution >= 4 is 0 Å². The van der Waals surface area contributed by atoms with Crippen LogP contribution in [0.1, 0.15) is 43.4 Å². The topological polar surface area (TPSA) is 15.3 Å². The van der Waals surface area contributed by atoms with E-state index in [9.17, 15) is 0 Å². The van der Waals surface area contributed by atoms with E-state index in [0.717, 1.165) is 6.54 Å². The molecule has 0 amide bonds. The predicted molar refractivity (Wildman–Crippen MR) is 77.9 cm³/mol. The largest absolute Gasteiger partial charge is 0.309 e. The predicted octanol–water partition coefficient (Wildman–Crippen LogP) is 3.13. The van der Waals surface area contributed by atoms with Crippen molar-refractivity contribution in [3.8, 4) is 0 Å². The lowest BCUT2D eigenvalue weighted by molar-refractivity contribution is 0.227. The van der Waals surface area contributed by atoms with E-state index < -0.39 is 0 Å². The summed E-state index contributed by atoms with van der Waals surface area (Å²) in [5, 5.41) is 3.62. The molecule has 2 heteroatoms. The molecule has 0 spiro atoms. The molecule has 0 bridgehead atoms. The summed E-state index contributed by atoms with van der Waals surface area (Å²) in [6.07, 6.45) is 4.19. The van der Waals surface area contributed by atoms with Gasteiger partial charge in [0.25, 0.3) is 0 Å². The van der Waals surface area contributed by atoms with Crippen molar-refractivity contribution in [1.29, 1.82) is 0 Å². The number of hydrogen-bond donors (Lipinski definition) is 1. The summed E-state index contributed by atoms with van der Waals surface area (Å²) < 4.78 is 0. The molecular weight excluding hydrogens is 220 g/mol. The zero-order valence-electron chi connectivity index (χ0n) is 11.8. The van der Waals surface area contributed by atoms with E-state index in [1.165, 1.54) is 50.0 Å². The van der Waals surface area contributed by atoms with Gasteiger partial charge in [-0.15, -0.1) is 0 Å². The van der Waals surface area contributed by atoms with Gasteiger partial charge in [-0.05, 0) is 45.3 Å². The molecule has 1 saturated heterocycles. The molecule has 1 aliphatic rings. The highest BCUT2D eigenvalue weighted by Gasteiger charge is 2.10. The van der Waals surface area contributed by atoms with Crippen molar-refractivity contribution in [3.05, 3.63) is 35.4 Å². The van der Waals surface area contributed by atoms with Crippen LogP contribution in [0.2, 0.25) is 0 Å². The highest BCUT2D eigenvalue weighted by Crippen LogP contribution is 2.13. The van der Waals surface area contributed by atoms with Crippen LogP contribution < -0.4 is 5.32 Å². The van der Waals surface area contributed by atoms with Gasteiger partial charge in [0.1, 0.15) is 0 Å². The van der Waals surface area contributed by atoms with Crippen LogP contribution in [0.4, 0.5) is 0 Å². The molecule has 1 aliphatic heterocycles. The van der Waals surface area contributed by atoms with Crippen molar-refractivity contribution in [2.75, 3.05) is 26.2 Å². The molecule has 1 atom stereocenters. The molecule has 2 nitrogen and oxygen atoms in total. The standard InChI is InChI=1S/C16H26N2/c1-14-6-8-16(9-7-14)15(2)17-10-13-18-11-4-3-5-12-18/h6-9,15,17H,3-5,10-13H2,1-2H3. The van der Waals surface area contributed by atoms with Crippen LogP contribution >= 0.6 is 0 Å². The second kappa shape index (κ2) is 6.91. The minimum atomic E-state index is 0.454. The Morgan fingerprint density at radius 1 is 1.11 bits per heavy atom. The van der Waals surface area contributed by atoms with Gasteiger partial charge in [-0.2, -0.15) is 0 Å². The van der Waals surface area contributed by atoms with Crippen LogP contribution in [0, 0.1) is 6.92 Å². The van der Waals surface area contributed by atoms with E-state index in [1.54, 1.807) is 0 Å². The molecule has 1 N–H and O–H groups in total. The SMILES string of the molecule is Cc1ccc(C(C)NCCN2CCCCC2)cc1. The Morgan fingerprint density at radius 2 is 1.78 bits per heavy atom. The molecule has 0 saturated carbocycles. The first-order chi connectivity index (χ1) is 8.75. The highest BCUT2D eigenvalue weighted by atomic mass is 15.1. The van der Waals surface area contributed by atoms with E-state index >= 15 is 0 Å². The van der Waals surface area contributed by atoms with Gasteiger partial charge in [-0.1, -0.05) is 36.2 Å². The van der Waals surface area contributed by atoms with Crippen LogP contribution in [-0.2, 0) is 0 Å². The number of hydrogen-bond acceptors (Lipinski definition) is 2. The molecule has 18 heavy (non-hydrogen) atoms. The molecule has 2 rings (SSSR count). The molecule has 0 aromatic heterocycles. The second-order valence-electron chi connectivity index (χ2n) is 5.49. The van der Waals surface area contributed by atoms with Gasteiger partial charge in [0, 0.05) is 19.1 Å². The lowest BCUT2D eigenvalue weighted by Gasteiger charge is -2.27. The zero-order chi connectivity index (χ0) is 12.8. The maximum Gasteiger partial charge on any atom is 0.0292 e. The van der Waals surface area contributed by atoms with Crippen molar-refractivity contribution in [2.45, 2.75) is 39.2 Å². The quantitative estimate of drug-likeness (QED) is 0.858. The molecule has 0 radical (unpaired) electrons. The molecule has 1 aromatic carbocycles. The number of aryl methyl sites for hydroxylation is 1. The molecule has 1 heterocycles. The number of likely N-dealkylation sites (tertiary alicyclic amines) is 1. The van der Waals surface area contributed by atoms with Gasteiger partial charge >= 0.3 is 0 Å². The number of piperidine rings is 1. The number of nitrogens with one attached hydrogen (secondary N) is 1. The van der Waals surface area contributed by atoms with E-state index in [1.807, 2.05) is 0 Å². The zero-order valence-corrected chi connectivity index (χ0v) is 11.8.